The van der Waals surface area contributed by atoms with Gasteiger partial charge in [0, 0.05) is 0 Å². The van der Waals surface area contributed by atoms with Crippen LogP contribution in [-0.4, -0.2) is 124 Å². The van der Waals surface area contributed by atoms with E-state index < -0.39 is 73.2 Å². The first-order chi connectivity index (χ1) is 11.1. The highest BCUT2D eigenvalue weighted by molar-refractivity contribution is 5.00. The first-order valence-electron chi connectivity index (χ1n) is 7.22. The standard InChI is InChI=1S/C12H22O12/c13-1-3(15)7(19)11(8(20)4(1)16)23-24-12-9(21)5(17)2(14)6(18)10(12)22/h1-22H/t1?,2?,3-,4-,5-,6+,7-,8+,9+,10-,11?,12?/m1/s1. The van der Waals surface area contributed by atoms with Crippen LogP contribution in [0.4, 0.5) is 0 Å². The lowest BCUT2D eigenvalue weighted by Gasteiger charge is -2.43. The Bertz CT molecular complexity index is 353. The molecule has 0 radical (unpaired) electrons. The fraction of sp³-hybridized carbons (Fsp3) is 1.00. The molecule has 12 atom stereocenters. The highest BCUT2D eigenvalue weighted by Crippen LogP contribution is 2.28. The fourth-order valence-electron chi connectivity index (χ4n) is 2.75. The van der Waals surface area contributed by atoms with E-state index in [1.54, 1.807) is 0 Å². The molecule has 0 amide bonds. The molecule has 2 saturated carbocycles. The minimum absolute atomic E-state index is 1.78. The van der Waals surface area contributed by atoms with E-state index in [0.29, 0.717) is 0 Å². The summed E-state index contributed by atoms with van der Waals surface area (Å²) in [7, 11) is 0. The van der Waals surface area contributed by atoms with Crippen molar-refractivity contribution in [3.05, 3.63) is 0 Å². The van der Waals surface area contributed by atoms with E-state index in [0.717, 1.165) is 0 Å². The average Bonchev–Trinajstić information content (AvgIpc) is 2.57. The molecule has 0 heterocycles. The lowest BCUT2D eigenvalue weighted by molar-refractivity contribution is -0.422. The molecule has 2 fully saturated rings. The largest absolute Gasteiger partial charge is 0.387 e. The van der Waals surface area contributed by atoms with Gasteiger partial charge in [-0.2, -0.15) is 0 Å². The van der Waals surface area contributed by atoms with Gasteiger partial charge in [-0.15, -0.1) is 0 Å². The second-order valence-electron chi connectivity index (χ2n) is 6.03. The van der Waals surface area contributed by atoms with Gasteiger partial charge in [0.25, 0.3) is 0 Å². The summed E-state index contributed by atoms with van der Waals surface area (Å²) in [5.41, 5.74) is 0. The van der Waals surface area contributed by atoms with Crippen molar-refractivity contribution >= 4 is 0 Å². The number of hydrogen-bond donors (Lipinski definition) is 10. The maximum absolute atomic E-state index is 9.75. The quantitative estimate of drug-likeness (QED) is 0.168. The van der Waals surface area contributed by atoms with E-state index in [2.05, 4.69) is 9.78 Å². The Balaban J connectivity index is 2.06. The molecule has 0 bridgehead atoms. The topological polar surface area (TPSA) is 221 Å². The SMILES string of the molecule is OC1[C@@H](O)[C@H](O)C(OOC2[C@@H](O)[C@H](O)C(O)[C@H](O)[C@H]2O)[C@H](O)[C@@H]1O. The van der Waals surface area contributed by atoms with Crippen LogP contribution in [0.1, 0.15) is 0 Å². The molecule has 10 N–H and O–H groups in total. The van der Waals surface area contributed by atoms with Crippen molar-refractivity contribution in [3.63, 3.8) is 0 Å². The Morgan fingerprint density at radius 3 is 0.667 bits per heavy atom. The molecule has 0 saturated heterocycles. The predicted molar refractivity (Wildman–Crippen MR) is 69.8 cm³/mol. The Labute approximate surface area is 135 Å². The van der Waals surface area contributed by atoms with Crippen LogP contribution in [0.3, 0.4) is 0 Å². The van der Waals surface area contributed by atoms with Gasteiger partial charge in [-0.25, -0.2) is 9.78 Å². The first kappa shape index (κ1) is 19.8. The van der Waals surface area contributed by atoms with E-state index in [-0.39, 0.29) is 0 Å². The van der Waals surface area contributed by atoms with E-state index in [1.165, 1.54) is 0 Å². The molecule has 142 valence electrons. The molecule has 0 aromatic rings. The zero-order valence-corrected chi connectivity index (χ0v) is 12.2. The van der Waals surface area contributed by atoms with Gasteiger partial charge in [-0.3, -0.25) is 0 Å². The van der Waals surface area contributed by atoms with E-state index in [4.69, 9.17) is 0 Å². The van der Waals surface area contributed by atoms with Gasteiger partial charge >= 0.3 is 0 Å². The molecule has 2 aliphatic carbocycles. The maximum Gasteiger partial charge on any atom is 0.150 e. The summed E-state index contributed by atoms with van der Waals surface area (Å²) < 4.78 is 0. The van der Waals surface area contributed by atoms with Gasteiger partial charge in [0.05, 0.1) is 0 Å². The second kappa shape index (κ2) is 7.41. The minimum atomic E-state index is -1.89. The molecular weight excluding hydrogens is 336 g/mol. The van der Waals surface area contributed by atoms with Crippen LogP contribution in [-0.2, 0) is 9.78 Å². The minimum Gasteiger partial charge on any atom is -0.387 e. The number of aliphatic hydroxyl groups excluding tert-OH is 10. The third-order valence-corrected chi connectivity index (χ3v) is 4.42. The predicted octanol–water partition coefficient (Wildman–Crippen LogP) is -6.69. The van der Waals surface area contributed by atoms with Gasteiger partial charge in [-0.05, 0) is 0 Å². The van der Waals surface area contributed by atoms with Crippen molar-refractivity contribution in [1.29, 1.82) is 0 Å². The zero-order valence-electron chi connectivity index (χ0n) is 12.2. The molecule has 12 nitrogen and oxygen atoms in total. The number of rotatable bonds is 3. The molecule has 12 heteroatoms. The van der Waals surface area contributed by atoms with Gasteiger partial charge in [0.1, 0.15) is 73.2 Å². The average molecular weight is 358 g/mol. The Hall–Kier alpha value is -0.480. The summed E-state index contributed by atoms with van der Waals surface area (Å²) in [4.78, 5) is 9.31. The molecular formula is C12H22O12. The Kier molecular flexibility index (Phi) is 6.12. The first-order valence-corrected chi connectivity index (χ1v) is 7.22. The zero-order chi connectivity index (χ0) is 18.3. The summed E-state index contributed by atoms with van der Waals surface area (Å²) >= 11 is 0. The third-order valence-electron chi connectivity index (χ3n) is 4.42. The molecule has 2 rings (SSSR count). The molecule has 4 unspecified atom stereocenters. The lowest BCUT2D eigenvalue weighted by atomic mass is 9.84. The summed E-state index contributed by atoms with van der Waals surface area (Å²) in [6.45, 7) is 0. The third kappa shape index (κ3) is 3.29. The van der Waals surface area contributed by atoms with Crippen LogP contribution in [0.2, 0.25) is 0 Å². The van der Waals surface area contributed by atoms with Crippen LogP contribution < -0.4 is 0 Å². The van der Waals surface area contributed by atoms with Gasteiger partial charge in [0.15, 0.2) is 0 Å². The molecule has 0 aromatic heterocycles. The smallest absolute Gasteiger partial charge is 0.150 e. The molecule has 24 heavy (non-hydrogen) atoms. The normalized spacial score (nSPS) is 56.2. The molecule has 0 aromatic carbocycles. The van der Waals surface area contributed by atoms with Crippen LogP contribution in [0.5, 0.6) is 0 Å². The summed E-state index contributed by atoms with van der Waals surface area (Å²) in [5, 5.41) is 96.0. The molecule has 0 spiro atoms. The summed E-state index contributed by atoms with van der Waals surface area (Å²) in [6.07, 6.45) is -22.3. The monoisotopic (exact) mass is 358 g/mol. The van der Waals surface area contributed by atoms with Crippen molar-refractivity contribution in [2.75, 3.05) is 0 Å². The number of aliphatic hydroxyl groups is 10. The van der Waals surface area contributed by atoms with Crippen molar-refractivity contribution in [3.8, 4) is 0 Å². The molecule has 2 aliphatic rings. The van der Waals surface area contributed by atoms with Crippen LogP contribution in [0, 0.1) is 0 Å². The van der Waals surface area contributed by atoms with Crippen LogP contribution in [0.15, 0.2) is 0 Å². The Morgan fingerprint density at radius 2 is 0.458 bits per heavy atom. The summed E-state index contributed by atoms with van der Waals surface area (Å²) in [5.74, 6) is 0. The number of hydrogen-bond acceptors (Lipinski definition) is 12. The van der Waals surface area contributed by atoms with E-state index in [9.17, 15) is 51.1 Å². The van der Waals surface area contributed by atoms with Gasteiger partial charge in [-0.1, -0.05) is 0 Å². The van der Waals surface area contributed by atoms with Crippen LogP contribution in [0.25, 0.3) is 0 Å². The van der Waals surface area contributed by atoms with Gasteiger partial charge < -0.3 is 51.1 Å². The fourth-order valence-corrected chi connectivity index (χ4v) is 2.75. The Morgan fingerprint density at radius 1 is 0.292 bits per heavy atom. The van der Waals surface area contributed by atoms with Crippen molar-refractivity contribution in [2.24, 2.45) is 0 Å². The molecule has 0 aliphatic heterocycles. The van der Waals surface area contributed by atoms with Crippen LogP contribution >= 0.6 is 0 Å². The van der Waals surface area contributed by atoms with E-state index in [1.807, 2.05) is 0 Å². The highest BCUT2D eigenvalue weighted by atomic mass is 17.2. The lowest BCUT2D eigenvalue weighted by Crippen LogP contribution is -2.66. The van der Waals surface area contributed by atoms with Crippen molar-refractivity contribution in [1.82, 2.24) is 0 Å². The highest BCUT2D eigenvalue weighted by Gasteiger charge is 2.53. The van der Waals surface area contributed by atoms with Gasteiger partial charge in [0.2, 0.25) is 0 Å². The van der Waals surface area contributed by atoms with Crippen molar-refractivity contribution in [2.45, 2.75) is 73.2 Å². The van der Waals surface area contributed by atoms with E-state index >= 15 is 0 Å². The second-order valence-corrected chi connectivity index (χ2v) is 6.03. The maximum atomic E-state index is 9.75. The summed E-state index contributed by atoms with van der Waals surface area (Å²) in [6, 6.07) is 0. The van der Waals surface area contributed by atoms with Crippen molar-refractivity contribution < 1.29 is 60.8 Å².